The molecule has 1 amide bonds. The van der Waals surface area contributed by atoms with Crippen molar-refractivity contribution in [2.75, 3.05) is 18.4 Å². The van der Waals surface area contributed by atoms with Crippen LogP contribution in [0.4, 0.5) is 5.13 Å². The Morgan fingerprint density at radius 1 is 1.48 bits per heavy atom. The van der Waals surface area contributed by atoms with E-state index in [1.807, 2.05) is 30.1 Å². The van der Waals surface area contributed by atoms with E-state index in [2.05, 4.69) is 25.5 Å². The molecule has 124 valence electrons. The second-order valence-electron chi connectivity index (χ2n) is 5.95. The lowest BCUT2D eigenvalue weighted by molar-refractivity contribution is -0.121. The van der Waals surface area contributed by atoms with Crippen LogP contribution >= 0.6 is 11.3 Å². The fourth-order valence-corrected chi connectivity index (χ4v) is 3.43. The quantitative estimate of drug-likeness (QED) is 0.873. The Labute approximate surface area is 139 Å². The molecule has 0 aromatic carbocycles. The van der Waals surface area contributed by atoms with Crippen LogP contribution in [0.3, 0.4) is 0 Å². The van der Waals surface area contributed by atoms with Crippen LogP contribution in [0.5, 0.6) is 0 Å². The van der Waals surface area contributed by atoms with Crippen LogP contribution < -0.4 is 5.32 Å². The predicted molar refractivity (Wildman–Crippen MR) is 89.1 cm³/mol. The zero-order valence-corrected chi connectivity index (χ0v) is 14.1. The molecular formula is C15H22N6OS. The molecule has 3 heterocycles. The van der Waals surface area contributed by atoms with Gasteiger partial charge in [-0.3, -0.25) is 19.7 Å². The molecule has 0 bridgehead atoms. The standard InChI is InChI=1S/C15H22N6OS/c1-12(14(22)18-15-19-16-11-23-15)20-8-3-13(4-9-20)5-10-21-7-2-6-17-21/h2,6-7,11-13H,3-5,8-10H2,1H3,(H,18,19,22)/t12-/m1/s1. The fraction of sp³-hybridized carbons (Fsp3) is 0.600. The highest BCUT2D eigenvalue weighted by Crippen LogP contribution is 2.23. The van der Waals surface area contributed by atoms with E-state index in [1.165, 1.54) is 11.3 Å². The number of carbonyl (C=O) groups is 1. The lowest BCUT2D eigenvalue weighted by atomic mass is 9.93. The third kappa shape index (κ3) is 4.35. The molecule has 2 aromatic rings. The Hall–Kier alpha value is -1.80. The maximum Gasteiger partial charge on any atom is 0.243 e. The Morgan fingerprint density at radius 2 is 2.30 bits per heavy atom. The SMILES string of the molecule is C[C@H](C(=O)Nc1nncs1)N1CCC(CCn2cccn2)CC1. The Balaban J connectivity index is 1.41. The van der Waals surface area contributed by atoms with Gasteiger partial charge in [0.1, 0.15) is 5.51 Å². The van der Waals surface area contributed by atoms with Gasteiger partial charge in [-0.05, 0) is 51.3 Å². The van der Waals surface area contributed by atoms with Gasteiger partial charge >= 0.3 is 0 Å². The maximum atomic E-state index is 12.2. The van der Waals surface area contributed by atoms with Crippen molar-refractivity contribution in [2.24, 2.45) is 5.92 Å². The van der Waals surface area contributed by atoms with Gasteiger partial charge in [0.25, 0.3) is 0 Å². The first kappa shape index (κ1) is 16.1. The summed E-state index contributed by atoms with van der Waals surface area (Å²) in [5.74, 6) is 0.714. The van der Waals surface area contributed by atoms with Gasteiger partial charge in [-0.15, -0.1) is 10.2 Å². The van der Waals surface area contributed by atoms with Gasteiger partial charge in [-0.1, -0.05) is 11.3 Å². The lowest BCUT2D eigenvalue weighted by Gasteiger charge is -2.35. The molecule has 1 fully saturated rings. The second kappa shape index (κ2) is 7.65. The van der Waals surface area contributed by atoms with Crippen molar-refractivity contribution in [1.29, 1.82) is 0 Å². The van der Waals surface area contributed by atoms with E-state index in [0.29, 0.717) is 11.0 Å². The maximum absolute atomic E-state index is 12.2. The molecule has 1 aliphatic rings. The number of nitrogens with one attached hydrogen (secondary N) is 1. The van der Waals surface area contributed by atoms with Crippen molar-refractivity contribution in [1.82, 2.24) is 24.9 Å². The van der Waals surface area contributed by atoms with Crippen molar-refractivity contribution in [2.45, 2.75) is 38.8 Å². The van der Waals surface area contributed by atoms with Gasteiger partial charge < -0.3 is 0 Å². The summed E-state index contributed by atoms with van der Waals surface area (Å²) in [5, 5.41) is 15.2. The van der Waals surface area contributed by atoms with Crippen molar-refractivity contribution in [3.8, 4) is 0 Å². The smallest absolute Gasteiger partial charge is 0.243 e. The van der Waals surface area contributed by atoms with Crippen LogP contribution in [0, 0.1) is 5.92 Å². The van der Waals surface area contributed by atoms with Crippen LogP contribution in [0.25, 0.3) is 0 Å². The minimum absolute atomic E-state index is 0.00302. The van der Waals surface area contributed by atoms with Crippen LogP contribution in [-0.4, -0.2) is 49.9 Å². The molecule has 1 atom stereocenters. The summed E-state index contributed by atoms with van der Waals surface area (Å²) >= 11 is 1.34. The van der Waals surface area contributed by atoms with E-state index in [1.54, 1.807) is 5.51 Å². The molecule has 7 nitrogen and oxygen atoms in total. The van der Waals surface area contributed by atoms with Crippen LogP contribution in [-0.2, 0) is 11.3 Å². The van der Waals surface area contributed by atoms with Crippen LogP contribution in [0.1, 0.15) is 26.2 Å². The van der Waals surface area contributed by atoms with Crippen LogP contribution in [0.2, 0.25) is 0 Å². The van der Waals surface area contributed by atoms with E-state index in [9.17, 15) is 4.79 Å². The zero-order valence-electron chi connectivity index (χ0n) is 13.3. The van der Waals surface area contributed by atoms with Gasteiger partial charge in [0.05, 0.1) is 6.04 Å². The molecule has 0 saturated carbocycles. The van der Waals surface area contributed by atoms with Crippen molar-refractivity contribution < 1.29 is 4.79 Å². The Kier molecular flexibility index (Phi) is 5.35. The number of amides is 1. The lowest BCUT2D eigenvalue weighted by Crippen LogP contribution is -2.46. The largest absolute Gasteiger partial charge is 0.299 e. The number of aromatic nitrogens is 4. The number of rotatable bonds is 6. The van der Waals surface area contributed by atoms with Gasteiger partial charge in [0.15, 0.2) is 0 Å². The topological polar surface area (TPSA) is 75.9 Å². The summed E-state index contributed by atoms with van der Waals surface area (Å²) in [6.45, 7) is 4.87. The van der Waals surface area contributed by atoms with Crippen molar-refractivity contribution in [3.05, 3.63) is 24.0 Å². The number of hydrogen-bond donors (Lipinski definition) is 1. The third-order valence-corrected chi connectivity index (χ3v) is 5.10. The summed E-state index contributed by atoms with van der Waals surface area (Å²) in [4.78, 5) is 14.5. The number of carbonyl (C=O) groups excluding carboxylic acids is 1. The number of likely N-dealkylation sites (tertiary alicyclic amines) is 1. The second-order valence-corrected chi connectivity index (χ2v) is 6.78. The molecule has 1 aliphatic heterocycles. The average molecular weight is 334 g/mol. The zero-order chi connectivity index (χ0) is 16.1. The monoisotopic (exact) mass is 334 g/mol. The molecule has 0 spiro atoms. The summed E-state index contributed by atoms with van der Waals surface area (Å²) in [6, 6.07) is 1.83. The summed E-state index contributed by atoms with van der Waals surface area (Å²) in [6.07, 6.45) is 7.26. The molecule has 2 aromatic heterocycles. The Bertz CT molecular complexity index is 592. The average Bonchev–Trinajstić information content (AvgIpc) is 3.26. The van der Waals surface area contributed by atoms with Gasteiger partial charge in [0, 0.05) is 18.9 Å². The van der Waals surface area contributed by atoms with Crippen LogP contribution in [0.15, 0.2) is 24.0 Å². The van der Waals surface area contributed by atoms with E-state index in [-0.39, 0.29) is 11.9 Å². The number of piperidine rings is 1. The number of nitrogens with zero attached hydrogens (tertiary/aromatic N) is 5. The van der Waals surface area contributed by atoms with E-state index in [0.717, 1.165) is 38.9 Å². The third-order valence-electron chi connectivity index (χ3n) is 4.49. The first-order chi connectivity index (χ1) is 11.2. The highest BCUT2D eigenvalue weighted by molar-refractivity contribution is 7.13. The molecule has 0 radical (unpaired) electrons. The first-order valence-corrected chi connectivity index (χ1v) is 8.89. The summed E-state index contributed by atoms with van der Waals surface area (Å²) in [5.41, 5.74) is 1.62. The van der Waals surface area contributed by atoms with Crippen molar-refractivity contribution in [3.63, 3.8) is 0 Å². The Morgan fingerprint density at radius 3 is 2.96 bits per heavy atom. The number of anilines is 1. The van der Waals surface area contributed by atoms with E-state index in [4.69, 9.17) is 0 Å². The molecule has 0 aliphatic carbocycles. The molecule has 23 heavy (non-hydrogen) atoms. The molecule has 0 unspecified atom stereocenters. The molecule has 1 N–H and O–H groups in total. The predicted octanol–water partition coefficient (Wildman–Crippen LogP) is 1.86. The highest BCUT2D eigenvalue weighted by atomic mass is 32.1. The van der Waals surface area contributed by atoms with Gasteiger partial charge in [0.2, 0.25) is 11.0 Å². The highest BCUT2D eigenvalue weighted by Gasteiger charge is 2.26. The van der Waals surface area contributed by atoms with Gasteiger partial charge in [-0.2, -0.15) is 5.10 Å². The van der Waals surface area contributed by atoms with Gasteiger partial charge in [-0.25, -0.2) is 0 Å². The molecular weight excluding hydrogens is 312 g/mol. The molecule has 3 rings (SSSR count). The summed E-state index contributed by atoms with van der Waals surface area (Å²) in [7, 11) is 0. The normalized spacial score (nSPS) is 18.0. The first-order valence-electron chi connectivity index (χ1n) is 8.01. The summed E-state index contributed by atoms with van der Waals surface area (Å²) < 4.78 is 1.99. The fourth-order valence-electron chi connectivity index (χ4n) is 2.98. The van der Waals surface area contributed by atoms with E-state index < -0.39 is 0 Å². The minimum atomic E-state index is -0.133. The van der Waals surface area contributed by atoms with E-state index >= 15 is 0 Å². The number of hydrogen-bond acceptors (Lipinski definition) is 6. The number of aryl methyl sites for hydroxylation is 1. The molecule has 8 heteroatoms. The minimum Gasteiger partial charge on any atom is -0.299 e. The van der Waals surface area contributed by atoms with Crippen molar-refractivity contribution >= 4 is 22.4 Å². The molecule has 1 saturated heterocycles.